The predicted octanol–water partition coefficient (Wildman–Crippen LogP) is 5.60. The average Bonchev–Trinajstić information content (AvgIpc) is 3.21. The number of halogens is 3. The Hall–Kier alpha value is -3.58. The van der Waals surface area contributed by atoms with Crippen molar-refractivity contribution in [1.29, 1.82) is 0 Å². The number of rotatable bonds is 6. The fourth-order valence-electron chi connectivity index (χ4n) is 3.77. The molecular weight excluding hydrogens is 450 g/mol. The van der Waals surface area contributed by atoms with Crippen LogP contribution in [0.25, 0.3) is 0 Å². The maximum absolute atomic E-state index is 13.7. The molecule has 0 bridgehead atoms. The van der Waals surface area contributed by atoms with Crippen LogP contribution >= 0.6 is 11.6 Å². The Morgan fingerprint density at radius 3 is 2.09 bits per heavy atom. The minimum Gasteiger partial charge on any atom is -0.461 e. The molecule has 0 spiro atoms. The van der Waals surface area contributed by atoms with Crippen molar-refractivity contribution in [3.05, 3.63) is 101 Å². The second-order valence-electron chi connectivity index (χ2n) is 7.37. The highest BCUT2D eigenvalue weighted by Crippen LogP contribution is 2.41. The standard InChI is InChI=1S/C25H19ClF2N2O3/c1-2-33-25(32)22-21(24(31)16-3-7-17(26)8-4-16)23(15-5-9-18(27)10-6-15)30(29-22)20-13-11-19(28)12-14-20/h3-14,21,23H,2H2,1H3. The predicted molar refractivity (Wildman–Crippen MR) is 121 cm³/mol. The third kappa shape index (κ3) is 4.64. The van der Waals surface area contributed by atoms with Crippen LogP contribution < -0.4 is 5.01 Å². The van der Waals surface area contributed by atoms with Gasteiger partial charge in [-0.25, -0.2) is 13.6 Å². The molecule has 8 heteroatoms. The second kappa shape index (κ2) is 9.50. The summed E-state index contributed by atoms with van der Waals surface area (Å²) < 4.78 is 32.4. The molecule has 33 heavy (non-hydrogen) atoms. The number of hydrogen-bond donors (Lipinski definition) is 0. The number of hydrazone groups is 1. The van der Waals surface area contributed by atoms with Crippen molar-refractivity contribution in [2.45, 2.75) is 13.0 Å². The van der Waals surface area contributed by atoms with Crippen molar-refractivity contribution < 1.29 is 23.1 Å². The number of ketones is 1. The molecular formula is C25H19ClF2N2O3. The van der Waals surface area contributed by atoms with Gasteiger partial charge in [0.1, 0.15) is 17.6 Å². The maximum atomic E-state index is 13.7. The normalized spacial score (nSPS) is 17.6. The third-order valence-corrected chi connectivity index (χ3v) is 5.54. The van der Waals surface area contributed by atoms with Gasteiger partial charge in [-0.15, -0.1) is 0 Å². The number of anilines is 1. The summed E-state index contributed by atoms with van der Waals surface area (Å²) in [5.74, 6) is -3.06. The smallest absolute Gasteiger partial charge is 0.355 e. The first kappa shape index (κ1) is 22.6. The molecule has 1 heterocycles. The van der Waals surface area contributed by atoms with Gasteiger partial charge >= 0.3 is 5.97 Å². The summed E-state index contributed by atoms with van der Waals surface area (Å²) in [6.07, 6.45) is 0. The number of nitrogens with zero attached hydrogens (tertiary/aromatic N) is 2. The van der Waals surface area contributed by atoms with Crippen LogP contribution in [0.5, 0.6) is 0 Å². The van der Waals surface area contributed by atoms with Crippen LogP contribution in [0.15, 0.2) is 77.9 Å². The zero-order chi connectivity index (χ0) is 23.5. The van der Waals surface area contributed by atoms with Gasteiger partial charge in [-0.2, -0.15) is 5.10 Å². The van der Waals surface area contributed by atoms with E-state index in [1.54, 1.807) is 31.2 Å². The van der Waals surface area contributed by atoms with E-state index in [0.29, 0.717) is 21.8 Å². The van der Waals surface area contributed by atoms with E-state index in [1.165, 1.54) is 53.5 Å². The molecule has 0 amide bonds. The van der Waals surface area contributed by atoms with E-state index in [1.807, 2.05) is 0 Å². The van der Waals surface area contributed by atoms with E-state index in [9.17, 15) is 18.4 Å². The van der Waals surface area contributed by atoms with Crippen molar-refractivity contribution in [1.82, 2.24) is 0 Å². The lowest BCUT2D eigenvalue weighted by Gasteiger charge is -2.28. The van der Waals surface area contributed by atoms with Crippen LogP contribution in [0.2, 0.25) is 5.02 Å². The minimum atomic E-state index is -1.05. The van der Waals surface area contributed by atoms with Gasteiger partial charge in [0, 0.05) is 10.6 Å². The van der Waals surface area contributed by atoms with Crippen molar-refractivity contribution in [2.75, 3.05) is 11.6 Å². The molecule has 168 valence electrons. The van der Waals surface area contributed by atoms with Crippen molar-refractivity contribution in [3.63, 3.8) is 0 Å². The average molecular weight is 469 g/mol. The molecule has 1 aliphatic rings. The van der Waals surface area contributed by atoms with Gasteiger partial charge < -0.3 is 4.74 Å². The molecule has 2 atom stereocenters. The Labute approximate surface area is 194 Å². The van der Waals surface area contributed by atoms with Gasteiger partial charge in [0.25, 0.3) is 0 Å². The second-order valence-corrected chi connectivity index (χ2v) is 7.81. The van der Waals surface area contributed by atoms with E-state index in [2.05, 4.69) is 5.10 Å². The molecule has 0 radical (unpaired) electrons. The van der Waals surface area contributed by atoms with Gasteiger partial charge in [-0.1, -0.05) is 23.7 Å². The zero-order valence-electron chi connectivity index (χ0n) is 17.5. The fraction of sp³-hybridized carbons (Fsp3) is 0.160. The van der Waals surface area contributed by atoms with Crippen molar-refractivity contribution in [2.24, 2.45) is 11.0 Å². The quantitative estimate of drug-likeness (QED) is 0.349. The number of esters is 1. The van der Waals surface area contributed by atoms with E-state index >= 15 is 0 Å². The summed E-state index contributed by atoms with van der Waals surface area (Å²) in [4.78, 5) is 26.5. The lowest BCUT2D eigenvalue weighted by Crippen LogP contribution is -2.35. The Bertz CT molecular complexity index is 1200. The van der Waals surface area contributed by atoms with E-state index in [4.69, 9.17) is 16.3 Å². The summed E-state index contributed by atoms with van der Waals surface area (Å²) >= 11 is 5.97. The number of benzene rings is 3. The van der Waals surface area contributed by atoms with Gasteiger partial charge in [-0.05, 0) is 73.2 Å². The van der Waals surface area contributed by atoms with Crippen LogP contribution in [0.3, 0.4) is 0 Å². The van der Waals surface area contributed by atoms with Crippen LogP contribution in [0.1, 0.15) is 28.9 Å². The Balaban J connectivity index is 1.87. The fourth-order valence-corrected chi connectivity index (χ4v) is 3.90. The SMILES string of the molecule is CCOC(=O)C1=NN(c2ccc(F)cc2)C(c2ccc(F)cc2)C1C(=O)c1ccc(Cl)cc1. The van der Waals surface area contributed by atoms with Gasteiger partial charge in [-0.3, -0.25) is 9.80 Å². The molecule has 3 aromatic carbocycles. The van der Waals surface area contributed by atoms with Crippen LogP contribution in [0.4, 0.5) is 14.5 Å². The Morgan fingerprint density at radius 2 is 1.52 bits per heavy atom. The lowest BCUT2D eigenvalue weighted by atomic mass is 9.83. The van der Waals surface area contributed by atoms with Crippen LogP contribution in [-0.4, -0.2) is 24.1 Å². The summed E-state index contributed by atoms with van der Waals surface area (Å²) in [5, 5.41) is 6.37. The van der Waals surface area contributed by atoms with Gasteiger partial charge in [0.2, 0.25) is 0 Å². The molecule has 0 aliphatic carbocycles. The van der Waals surface area contributed by atoms with E-state index < -0.39 is 29.6 Å². The summed E-state index contributed by atoms with van der Waals surface area (Å²) in [7, 11) is 0. The maximum Gasteiger partial charge on any atom is 0.355 e. The number of carbonyl (C=O) groups excluding carboxylic acids is 2. The molecule has 0 N–H and O–H groups in total. The number of Topliss-reactive ketones (excluding diaryl/α,β-unsaturated/α-hetero) is 1. The molecule has 0 fully saturated rings. The molecule has 4 rings (SSSR count). The zero-order valence-corrected chi connectivity index (χ0v) is 18.3. The van der Waals surface area contributed by atoms with Crippen molar-refractivity contribution in [3.8, 4) is 0 Å². The monoisotopic (exact) mass is 468 g/mol. The number of hydrogen-bond acceptors (Lipinski definition) is 5. The van der Waals surface area contributed by atoms with Crippen molar-refractivity contribution >= 4 is 34.8 Å². The highest BCUT2D eigenvalue weighted by molar-refractivity contribution is 6.43. The molecule has 0 aromatic heterocycles. The highest BCUT2D eigenvalue weighted by Gasteiger charge is 2.47. The first-order chi connectivity index (χ1) is 15.9. The molecule has 0 saturated carbocycles. The summed E-state index contributed by atoms with van der Waals surface area (Å²) in [6.45, 7) is 1.75. The largest absolute Gasteiger partial charge is 0.461 e. The summed E-state index contributed by atoms with van der Waals surface area (Å²) in [5.41, 5.74) is 1.25. The highest BCUT2D eigenvalue weighted by atomic mass is 35.5. The number of carbonyl (C=O) groups is 2. The lowest BCUT2D eigenvalue weighted by molar-refractivity contribution is -0.135. The minimum absolute atomic E-state index is 0.0875. The molecule has 0 saturated heterocycles. The first-order valence-electron chi connectivity index (χ1n) is 10.2. The Morgan fingerprint density at radius 1 is 0.939 bits per heavy atom. The van der Waals surface area contributed by atoms with E-state index in [-0.39, 0.29) is 18.1 Å². The third-order valence-electron chi connectivity index (χ3n) is 5.29. The summed E-state index contributed by atoms with van der Waals surface area (Å²) in [6, 6.07) is 16.6. The van der Waals surface area contributed by atoms with Gasteiger partial charge in [0.05, 0.1) is 18.3 Å². The molecule has 3 aromatic rings. The number of ether oxygens (including phenoxy) is 1. The molecule has 2 unspecified atom stereocenters. The van der Waals surface area contributed by atoms with Crippen LogP contribution in [-0.2, 0) is 9.53 Å². The first-order valence-corrected chi connectivity index (χ1v) is 10.6. The topological polar surface area (TPSA) is 59.0 Å². The van der Waals surface area contributed by atoms with Crippen LogP contribution in [0, 0.1) is 17.6 Å². The molecule has 1 aliphatic heterocycles. The van der Waals surface area contributed by atoms with E-state index in [0.717, 1.165) is 0 Å². The Kier molecular flexibility index (Phi) is 6.51. The molecule has 5 nitrogen and oxygen atoms in total. The van der Waals surface area contributed by atoms with Gasteiger partial charge in [0.15, 0.2) is 11.5 Å².